The summed E-state index contributed by atoms with van der Waals surface area (Å²) in [6, 6.07) is -0.618. The molecule has 8 nitrogen and oxygen atoms in total. The Morgan fingerprint density at radius 3 is 1.16 bits per heavy atom. The first-order valence-corrected chi connectivity index (χ1v) is 27.5. The lowest BCUT2D eigenvalue weighted by Crippen LogP contribution is -2.50. The van der Waals surface area contributed by atoms with Crippen molar-refractivity contribution in [1.82, 2.24) is 0 Å². The van der Waals surface area contributed by atoms with E-state index >= 15 is 0 Å². The van der Waals surface area contributed by atoms with E-state index in [0.717, 1.165) is 77.0 Å². The molecule has 2 atom stereocenters. The molecule has 8 heteroatoms. The van der Waals surface area contributed by atoms with Crippen molar-refractivity contribution in [2.75, 3.05) is 41.0 Å². The number of carboxylic acid groups (broad SMARTS) is 1. The zero-order valence-electron chi connectivity index (χ0n) is 44.1. The number of nitrogens with zero attached hydrogens (tertiary/aromatic N) is 1. The first kappa shape index (κ1) is 63.8. The molecule has 0 aromatic rings. The topological polar surface area (TPSA) is 99.1 Å². The fourth-order valence-electron chi connectivity index (χ4n) is 7.95. The van der Waals surface area contributed by atoms with Crippen molar-refractivity contribution >= 4 is 17.9 Å². The number of allylic oxidation sites excluding steroid dienone is 12. The molecule has 0 fully saturated rings. The first-order chi connectivity index (χ1) is 32.6. The van der Waals surface area contributed by atoms with Crippen LogP contribution in [-0.4, -0.2) is 80.6 Å². The van der Waals surface area contributed by atoms with Gasteiger partial charge in [0, 0.05) is 19.3 Å². The average molecular weight is 939 g/mol. The Kier molecular flexibility index (Phi) is 46.8. The Morgan fingerprint density at radius 2 is 0.791 bits per heavy atom. The van der Waals surface area contributed by atoms with Gasteiger partial charge in [0.05, 0.1) is 34.4 Å². The van der Waals surface area contributed by atoms with Gasteiger partial charge in [-0.15, -0.1) is 0 Å². The van der Waals surface area contributed by atoms with Crippen LogP contribution in [0.25, 0.3) is 0 Å². The van der Waals surface area contributed by atoms with Crippen LogP contribution in [0.3, 0.4) is 0 Å². The third-order valence-electron chi connectivity index (χ3n) is 12.1. The van der Waals surface area contributed by atoms with Crippen LogP contribution in [0.2, 0.25) is 0 Å². The molecule has 0 rings (SSSR count). The molecule has 0 aromatic heterocycles. The van der Waals surface area contributed by atoms with Gasteiger partial charge in [-0.3, -0.25) is 9.59 Å². The highest BCUT2D eigenvalue weighted by Gasteiger charge is 2.31. The van der Waals surface area contributed by atoms with Crippen LogP contribution >= 0.6 is 0 Å². The Morgan fingerprint density at radius 1 is 0.448 bits per heavy atom. The number of unbranched alkanes of at least 4 members (excludes halogenated alkanes) is 23. The third-order valence-corrected chi connectivity index (χ3v) is 12.1. The second-order valence-corrected chi connectivity index (χ2v) is 19.4. The molecule has 0 amide bonds. The summed E-state index contributed by atoms with van der Waals surface area (Å²) in [5.41, 5.74) is 0. The van der Waals surface area contributed by atoms with Crippen LogP contribution in [0.5, 0.6) is 0 Å². The maximum atomic E-state index is 12.8. The number of carbonyl (C=O) groups excluding carboxylic acids is 2. The smallest absolute Gasteiger partial charge is 0.362 e. The van der Waals surface area contributed by atoms with E-state index in [2.05, 4.69) is 86.8 Å². The minimum atomic E-state index is -0.875. The SMILES string of the molecule is CC/C=C/C/C=C/C/C=C/CCCCCCCCCCCCCCCC(=O)OC(COCCC(C(=O)O)[N+](C)(C)C)COC(=O)CCCCCCCCCCCC/C=C/C/C=C/C/C=C/CC. The molecule has 386 valence electrons. The van der Waals surface area contributed by atoms with Gasteiger partial charge in [-0.1, -0.05) is 209 Å². The molecule has 0 aliphatic heterocycles. The van der Waals surface area contributed by atoms with Crippen LogP contribution in [0.1, 0.15) is 232 Å². The number of ether oxygens (including phenoxy) is 3. The maximum absolute atomic E-state index is 12.8. The molecule has 1 N–H and O–H groups in total. The number of quaternary nitrogens is 1. The average Bonchev–Trinajstić information content (AvgIpc) is 3.29. The first-order valence-electron chi connectivity index (χ1n) is 27.5. The highest BCUT2D eigenvalue weighted by Crippen LogP contribution is 2.16. The van der Waals surface area contributed by atoms with Gasteiger partial charge >= 0.3 is 17.9 Å². The summed E-state index contributed by atoms with van der Waals surface area (Å²) in [5.74, 6) is -1.47. The van der Waals surface area contributed by atoms with Gasteiger partial charge < -0.3 is 23.8 Å². The van der Waals surface area contributed by atoms with Gasteiger partial charge in [0.15, 0.2) is 12.1 Å². The molecule has 0 aliphatic carbocycles. The molecular formula is C59H104NO7+. The normalized spacial score (nSPS) is 13.4. The number of carboxylic acids is 1. The minimum Gasteiger partial charge on any atom is -0.477 e. The van der Waals surface area contributed by atoms with E-state index in [4.69, 9.17) is 14.2 Å². The predicted molar refractivity (Wildman–Crippen MR) is 284 cm³/mol. The molecule has 67 heavy (non-hydrogen) atoms. The lowest BCUT2D eigenvalue weighted by Gasteiger charge is -2.31. The molecule has 0 heterocycles. The molecule has 0 saturated carbocycles. The van der Waals surface area contributed by atoms with E-state index in [1.165, 1.54) is 122 Å². The summed E-state index contributed by atoms with van der Waals surface area (Å²) in [5, 5.41) is 9.67. The molecule has 0 aromatic carbocycles. The Balaban J connectivity index is 4.19. The van der Waals surface area contributed by atoms with Crippen molar-refractivity contribution in [1.29, 1.82) is 0 Å². The summed E-state index contributed by atoms with van der Waals surface area (Å²) in [7, 11) is 5.54. The standard InChI is InChI=1S/C59H103NO7/c1-6-8-10-12-14-16-18-20-22-24-26-28-29-30-32-34-36-38-40-42-44-46-48-50-58(62)67-55(53-65-52-51-56(59(63)64)60(3,4)5)54-66-57(61)49-47-45-43-41-39-37-35-33-31-27-25-23-21-19-17-15-13-11-9-7-2/h8-11,14-17,20-23,55-56H,6-7,12-13,18-19,24-54H2,1-5H3/p+1/b10-8+,11-9+,16-14+,17-15+,22-20+,23-21+. The predicted octanol–water partition coefficient (Wildman–Crippen LogP) is 16.3. The van der Waals surface area contributed by atoms with Crippen LogP contribution in [0, 0.1) is 0 Å². The van der Waals surface area contributed by atoms with Gasteiger partial charge in [0.25, 0.3) is 0 Å². The zero-order chi connectivity index (χ0) is 49.2. The van der Waals surface area contributed by atoms with Crippen LogP contribution in [-0.2, 0) is 28.6 Å². The van der Waals surface area contributed by atoms with Crippen molar-refractivity contribution in [3.05, 3.63) is 72.9 Å². The molecule has 0 saturated heterocycles. The van der Waals surface area contributed by atoms with Gasteiger partial charge in [0.2, 0.25) is 0 Å². The lowest BCUT2D eigenvalue weighted by molar-refractivity contribution is -0.887. The summed E-state index contributed by atoms with van der Waals surface area (Å²) in [6.07, 6.45) is 63.8. The second kappa shape index (κ2) is 49.2. The fourth-order valence-corrected chi connectivity index (χ4v) is 7.95. The molecular weight excluding hydrogens is 835 g/mol. The molecule has 0 radical (unpaired) electrons. The lowest BCUT2D eigenvalue weighted by atomic mass is 10.0. The summed E-state index contributed by atoms with van der Waals surface area (Å²) in [6.45, 7) is 4.54. The number of hydrogen-bond donors (Lipinski definition) is 1. The van der Waals surface area contributed by atoms with Gasteiger partial charge in [-0.25, -0.2) is 4.79 Å². The Bertz CT molecular complexity index is 1320. The van der Waals surface area contributed by atoms with E-state index < -0.39 is 18.1 Å². The van der Waals surface area contributed by atoms with Crippen LogP contribution in [0.15, 0.2) is 72.9 Å². The van der Waals surface area contributed by atoms with E-state index in [9.17, 15) is 19.5 Å². The van der Waals surface area contributed by atoms with E-state index in [1.54, 1.807) is 0 Å². The van der Waals surface area contributed by atoms with Crippen LogP contribution in [0.4, 0.5) is 0 Å². The van der Waals surface area contributed by atoms with Gasteiger partial charge in [-0.2, -0.15) is 0 Å². The Hall–Kier alpha value is -3.23. The quantitative estimate of drug-likeness (QED) is 0.0281. The fraction of sp³-hybridized carbons (Fsp3) is 0.746. The van der Waals surface area contributed by atoms with E-state index in [0.29, 0.717) is 19.3 Å². The zero-order valence-corrected chi connectivity index (χ0v) is 44.1. The number of aliphatic carboxylic acids is 1. The minimum absolute atomic E-state index is 0.0547. The van der Waals surface area contributed by atoms with Crippen molar-refractivity contribution in [3.8, 4) is 0 Å². The largest absolute Gasteiger partial charge is 0.477 e. The molecule has 0 spiro atoms. The number of likely N-dealkylation sites (N-methyl/N-ethyl adjacent to an activating group) is 1. The number of carbonyl (C=O) groups is 3. The number of rotatable bonds is 49. The second-order valence-electron chi connectivity index (χ2n) is 19.4. The number of hydrogen-bond acceptors (Lipinski definition) is 6. The van der Waals surface area contributed by atoms with Crippen molar-refractivity contribution in [3.63, 3.8) is 0 Å². The van der Waals surface area contributed by atoms with Crippen molar-refractivity contribution < 1.29 is 38.2 Å². The summed E-state index contributed by atoms with van der Waals surface area (Å²) >= 11 is 0. The van der Waals surface area contributed by atoms with Gasteiger partial charge in [0.1, 0.15) is 6.61 Å². The van der Waals surface area contributed by atoms with Crippen molar-refractivity contribution in [2.24, 2.45) is 0 Å². The Labute approximate surface area is 412 Å². The summed E-state index contributed by atoms with van der Waals surface area (Å²) in [4.78, 5) is 37.3. The van der Waals surface area contributed by atoms with Crippen molar-refractivity contribution in [2.45, 2.75) is 244 Å². The number of esters is 2. The van der Waals surface area contributed by atoms with Crippen LogP contribution < -0.4 is 0 Å². The molecule has 2 unspecified atom stereocenters. The maximum Gasteiger partial charge on any atom is 0.362 e. The van der Waals surface area contributed by atoms with Gasteiger partial charge in [-0.05, 0) is 77.0 Å². The highest BCUT2D eigenvalue weighted by atomic mass is 16.6. The van der Waals surface area contributed by atoms with E-state index in [-0.39, 0.29) is 36.2 Å². The molecule has 0 bridgehead atoms. The third kappa shape index (κ3) is 47.6. The monoisotopic (exact) mass is 939 g/mol. The van der Waals surface area contributed by atoms with E-state index in [1.807, 2.05) is 21.1 Å². The summed E-state index contributed by atoms with van der Waals surface area (Å²) < 4.78 is 17.4. The molecule has 0 aliphatic rings. The highest BCUT2D eigenvalue weighted by molar-refractivity contribution is 5.72.